The summed E-state index contributed by atoms with van der Waals surface area (Å²) >= 11 is 0. The molecule has 1 heteroatoms. The van der Waals surface area contributed by atoms with Crippen molar-refractivity contribution < 1.29 is 0 Å². The molecule has 0 heterocycles. The maximum Gasteiger partial charge on any atom is 0.0146 e. The van der Waals surface area contributed by atoms with Crippen molar-refractivity contribution in [3.05, 3.63) is 0 Å². The first-order valence-electron chi connectivity index (χ1n) is 8.24. The third kappa shape index (κ3) is 2.92. The summed E-state index contributed by atoms with van der Waals surface area (Å²) in [5, 5.41) is 3.72. The van der Waals surface area contributed by atoms with Gasteiger partial charge in [-0.15, -0.1) is 0 Å². The molecule has 4 atom stereocenters. The number of nitrogens with one attached hydrogen (secondary N) is 1. The van der Waals surface area contributed by atoms with E-state index < -0.39 is 0 Å². The van der Waals surface area contributed by atoms with Crippen molar-refractivity contribution in [3.8, 4) is 0 Å². The lowest BCUT2D eigenvalue weighted by molar-refractivity contribution is 0.0676. The first kappa shape index (κ1) is 14.4. The van der Waals surface area contributed by atoms with Crippen molar-refractivity contribution in [3.63, 3.8) is 0 Å². The van der Waals surface area contributed by atoms with Crippen molar-refractivity contribution in [2.75, 3.05) is 7.05 Å². The molecule has 2 aliphatic carbocycles. The van der Waals surface area contributed by atoms with Gasteiger partial charge in [-0.3, -0.25) is 0 Å². The topological polar surface area (TPSA) is 12.0 Å². The van der Waals surface area contributed by atoms with E-state index in [1.165, 1.54) is 51.4 Å². The van der Waals surface area contributed by atoms with Gasteiger partial charge in [-0.25, -0.2) is 0 Å². The van der Waals surface area contributed by atoms with E-state index in [1.807, 2.05) is 0 Å². The molecule has 0 aromatic carbocycles. The number of hydrogen-bond donors (Lipinski definition) is 1. The lowest BCUT2D eigenvalue weighted by Crippen LogP contribution is -2.49. The third-order valence-electron chi connectivity index (χ3n) is 6.17. The second-order valence-electron chi connectivity index (χ2n) is 7.51. The Kier molecular flexibility index (Phi) is 4.75. The van der Waals surface area contributed by atoms with E-state index in [4.69, 9.17) is 0 Å². The summed E-state index contributed by atoms with van der Waals surface area (Å²) in [4.78, 5) is 0. The van der Waals surface area contributed by atoms with Gasteiger partial charge in [-0.1, -0.05) is 46.5 Å². The van der Waals surface area contributed by atoms with Crippen LogP contribution in [0.25, 0.3) is 0 Å². The largest absolute Gasteiger partial charge is 0.316 e. The Morgan fingerprint density at radius 3 is 2.22 bits per heavy atom. The quantitative estimate of drug-likeness (QED) is 0.772. The highest BCUT2D eigenvalue weighted by Gasteiger charge is 2.40. The number of hydrogen-bond acceptors (Lipinski definition) is 1. The zero-order valence-electron chi connectivity index (χ0n) is 13.0. The van der Waals surface area contributed by atoms with Crippen molar-refractivity contribution in [1.29, 1.82) is 0 Å². The smallest absolute Gasteiger partial charge is 0.0146 e. The van der Waals surface area contributed by atoms with E-state index in [0.29, 0.717) is 5.41 Å². The van der Waals surface area contributed by atoms with Crippen LogP contribution in [0.2, 0.25) is 0 Å². The molecule has 2 rings (SSSR count). The van der Waals surface area contributed by atoms with Crippen LogP contribution < -0.4 is 5.32 Å². The van der Waals surface area contributed by atoms with Gasteiger partial charge in [0, 0.05) is 6.04 Å². The first-order valence-corrected chi connectivity index (χ1v) is 8.24. The Morgan fingerprint density at radius 2 is 1.67 bits per heavy atom. The fraction of sp³-hybridized carbons (Fsp3) is 1.00. The van der Waals surface area contributed by atoms with E-state index >= 15 is 0 Å². The molecular formula is C17H33N. The molecule has 2 saturated carbocycles. The Morgan fingerprint density at radius 1 is 1.00 bits per heavy atom. The fourth-order valence-electron chi connectivity index (χ4n) is 4.72. The first-order chi connectivity index (χ1) is 8.57. The zero-order chi connectivity index (χ0) is 13.2. The molecule has 0 spiro atoms. The number of rotatable bonds is 3. The molecule has 1 N–H and O–H groups in total. The van der Waals surface area contributed by atoms with Crippen molar-refractivity contribution in [1.82, 2.24) is 5.32 Å². The summed E-state index contributed by atoms with van der Waals surface area (Å²) in [5.41, 5.74) is 0.567. The second kappa shape index (κ2) is 5.94. The third-order valence-corrected chi connectivity index (χ3v) is 6.17. The van der Waals surface area contributed by atoms with Crippen LogP contribution in [0.4, 0.5) is 0 Å². The van der Waals surface area contributed by atoms with Gasteiger partial charge in [0.2, 0.25) is 0 Å². The van der Waals surface area contributed by atoms with Crippen molar-refractivity contribution in [2.24, 2.45) is 23.2 Å². The molecule has 2 fully saturated rings. The SMILES string of the molecule is CNC(C1CCC(C)C(C)C1)C1(C)CCCCC1. The minimum Gasteiger partial charge on any atom is -0.316 e. The normalized spacial score (nSPS) is 38.3. The molecule has 0 amide bonds. The molecule has 0 aliphatic heterocycles. The highest BCUT2D eigenvalue weighted by atomic mass is 14.9. The molecule has 4 unspecified atom stereocenters. The molecular weight excluding hydrogens is 218 g/mol. The van der Waals surface area contributed by atoms with Crippen LogP contribution in [0.5, 0.6) is 0 Å². The lowest BCUT2D eigenvalue weighted by atomic mass is 9.62. The monoisotopic (exact) mass is 251 g/mol. The molecule has 1 nitrogen and oxygen atoms in total. The van der Waals surface area contributed by atoms with Crippen LogP contribution in [0.3, 0.4) is 0 Å². The Bertz CT molecular complexity index is 254. The molecule has 2 aliphatic rings. The molecule has 0 saturated heterocycles. The van der Waals surface area contributed by atoms with E-state index in [2.05, 4.69) is 33.1 Å². The van der Waals surface area contributed by atoms with Crippen LogP contribution >= 0.6 is 0 Å². The van der Waals surface area contributed by atoms with Crippen molar-refractivity contribution >= 4 is 0 Å². The van der Waals surface area contributed by atoms with Crippen LogP contribution in [-0.4, -0.2) is 13.1 Å². The Labute approximate surface area is 114 Å². The van der Waals surface area contributed by atoms with E-state index in [1.54, 1.807) is 0 Å². The fourth-order valence-corrected chi connectivity index (χ4v) is 4.72. The van der Waals surface area contributed by atoms with Gasteiger partial charge in [0.25, 0.3) is 0 Å². The summed E-state index contributed by atoms with van der Waals surface area (Å²) in [7, 11) is 2.20. The standard InChI is InChI=1S/C17H33N/c1-13-8-9-15(12-14(13)2)16(18-4)17(3)10-6-5-7-11-17/h13-16,18H,5-12H2,1-4H3. The van der Waals surface area contributed by atoms with E-state index in [0.717, 1.165) is 23.8 Å². The molecule has 0 aromatic heterocycles. The van der Waals surface area contributed by atoms with Crippen LogP contribution in [-0.2, 0) is 0 Å². The minimum absolute atomic E-state index is 0.567. The molecule has 0 bridgehead atoms. The Balaban J connectivity index is 2.03. The molecule has 106 valence electrons. The molecule has 0 aromatic rings. The summed E-state index contributed by atoms with van der Waals surface area (Å²) in [6, 6.07) is 0.757. The Hall–Kier alpha value is -0.0400. The average Bonchev–Trinajstić information content (AvgIpc) is 2.35. The van der Waals surface area contributed by atoms with Gasteiger partial charge in [-0.05, 0) is 55.9 Å². The lowest BCUT2D eigenvalue weighted by Gasteiger charge is -2.47. The van der Waals surface area contributed by atoms with Gasteiger partial charge in [0.05, 0.1) is 0 Å². The maximum absolute atomic E-state index is 3.72. The van der Waals surface area contributed by atoms with Crippen LogP contribution in [0.15, 0.2) is 0 Å². The van der Waals surface area contributed by atoms with Gasteiger partial charge in [0.15, 0.2) is 0 Å². The summed E-state index contributed by atoms with van der Waals surface area (Å²) in [5.74, 6) is 2.79. The van der Waals surface area contributed by atoms with Gasteiger partial charge in [0.1, 0.15) is 0 Å². The van der Waals surface area contributed by atoms with Gasteiger partial charge < -0.3 is 5.32 Å². The predicted octanol–water partition coefficient (Wildman–Crippen LogP) is 4.62. The molecule has 0 radical (unpaired) electrons. The summed E-state index contributed by atoms with van der Waals surface area (Å²) in [6.45, 7) is 7.46. The highest BCUT2D eigenvalue weighted by Crippen LogP contribution is 2.45. The summed E-state index contributed by atoms with van der Waals surface area (Å²) in [6.07, 6.45) is 11.6. The van der Waals surface area contributed by atoms with E-state index in [9.17, 15) is 0 Å². The second-order valence-corrected chi connectivity index (χ2v) is 7.51. The average molecular weight is 251 g/mol. The van der Waals surface area contributed by atoms with Gasteiger partial charge in [-0.2, -0.15) is 0 Å². The minimum atomic E-state index is 0.567. The van der Waals surface area contributed by atoms with Crippen LogP contribution in [0.1, 0.15) is 72.1 Å². The predicted molar refractivity (Wildman–Crippen MR) is 79.7 cm³/mol. The summed E-state index contributed by atoms with van der Waals surface area (Å²) < 4.78 is 0. The molecule has 18 heavy (non-hydrogen) atoms. The highest BCUT2D eigenvalue weighted by molar-refractivity contribution is 4.95. The maximum atomic E-state index is 3.72. The zero-order valence-corrected chi connectivity index (χ0v) is 13.0. The van der Waals surface area contributed by atoms with Crippen molar-refractivity contribution in [2.45, 2.75) is 78.2 Å². The van der Waals surface area contributed by atoms with Gasteiger partial charge >= 0.3 is 0 Å². The van der Waals surface area contributed by atoms with Crippen LogP contribution in [0, 0.1) is 23.2 Å². The van der Waals surface area contributed by atoms with E-state index in [-0.39, 0.29) is 0 Å².